The standard InChI is InChI=1S/C24H26F6O2/c1-3-4-5-6-15-7-8-22(31-13-15)16-9-20(27)23(21(28)10-16)24(29,30)32-17-11-18(25)14(2)19(26)12-17/h9-12,15,22H,3-8,13H2,1-2H3. The van der Waals surface area contributed by atoms with Crippen LogP contribution in [0.5, 0.6) is 5.75 Å². The van der Waals surface area contributed by atoms with Crippen LogP contribution >= 0.6 is 0 Å². The SMILES string of the molecule is CCCCCC1CCC(c2cc(F)c(C(F)(F)Oc3cc(F)c(C)c(F)c3)c(F)c2)OC1. The Balaban J connectivity index is 1.74. The maximum absolute atomic E-state index is 14.6. The molecule has 0 amide bonds. The molecule has 0 spiro atoms. The molecule has 176 valence electrons. The van der Waals surface area contributed by atoms with Crippen molar-refractivity contribution >= 4 is 0 Å². The fraction of sp³-hybridized carbons (Fsp3) is 0.500. The van der Waals surface area contributed by atoms with Crippen molar-refractivity contribution < 1.29 is 35.8 Å². The van der Waals surface area contributed by atoms with Gasteiger partial charge < -0.3 is 9.47 Å². The number of unbranched alkanes of at least 4 members (excludes halogenated alkanes) is 2. The Kier molecular flexibility index (Phi) is 7.75. The maximum atomic E-state index is 14.6. The van der Waals surface area contributed by atoms with Crippen molar-refractivity contribution in [2.45, 2.75) is 64.6 Å². The van der Waals surface area contributed by atoms with E-state index in [0.29, 0.717) is 31.1 Å². The molecule has 2 unspecified atom stereocenters. The van der Waals surface area contributed by atoms with Gasteiger partial charge in [0.05, 0.1) is 12.7 Å². The average Bonchev–Trinajstić information content (AvgIpc) is 2.71. The van der Waals surface area contributed by atoms with Crippen LogP contribution in [0.3, 0.4) is 0 Å². The highest BCUT2D eigenvalue weighted by Gasteiger charge is 2.42. The fourth-order valence-electron chi connectivity index (χ4n) is 3.92. The number of hydrogen-bond acceptors (Lipinski definition) is 2. The van der Waals surface area contributed by atoms with Crippen LogP contribution in [0.1, 0.15) is 68.2 Å². The molecule has 0 bridgehead atoms. The third kappa shape index (κ3) is 5.57. The third-order valence-corrected chi connectivity index (χ3v) is 5.81. The molecule has 2 aromatic carbocycles. The van der Waals surface area contributed by atoms with E-state index in [1.54, 1.807) is 0 Å². The van der Waals surface area contributed by atoms with Crippen molar-refractivity contribution in [1.29, 1.82) is 0 Å². The summed E-state index contributed by atoms with van der Waals surface area (Å²) in [6.45, 7) is 3.68. The number of benzene rings is 2. The van der Waals surface area contributed by atoms with Crippen molar-refractivity contribution in [2.24, 2.45) is 5.92 Å². The summed E-state index contributed by atoms with van der Waals surface area (Å²) in [6.07, 6.45) is 0.638. The van der Waals surface area contributed by atoms with Crippen LogP contribution in [0.25, 0.3) is 0 Å². The topological polar surface area (TPSA) is 18.5 Å². The first-order valence-electron chi connectivity index (χ1n) is 10.8. The van der Waals surface area contributed by atoms with Gasteiger partial charge in [0.25, 0.3) is 0 Å². The summed E-state index contributed by atoms with van der Waals surface area (Å²) < 4.78 is 95.4. The number of hydrogen-bond donors (Lipinski definition) is 0. The van der Waals surface area contributed by atoms with Crippen molar-refractivity contribution in [3.8, 4) is 5.75 Å². The van der Waals surface area contributed by atoms with E-state index in [1.165, 1.54) is 0 Å². The second kappa shape index (κ2) is 10.1. The van der Waals surface area contributed by atoms with Crippen molar-refractivity contribution in [3.05, 3.63) is 64.2 Å². The van der Waals surface area contributed by atoms with Gasteiger partial charge in [0.15, 0.2) is 0 Å². The Hall–Kier alpha value is -2.22. The summed E-state index contributed by atoms with van der Waals surface area (Å²) in [5.41, 5.74) is -1.89. The highest BCUT2D eigenvalue weighted by atomic mass is 19.3. The van der Waals surface area contributed by atoms with Gasteiger partial charge in [0, 0.05) is 17.7 Å². The number of ether oxygens (including phenoxy) is 2. The molecule has 0 saturated carbocycles. The minimum atomic E-state index is -4.49. The summed E-state index contributed by atoms with van der Waals surface area (Å²) in [6, 6.07) is 2.66. The Morgan fingerprint density at radius 3 is 2.09 bits per heavy atom. The molecular weight excluding hydrogens is 434 g/mol. The van der Waals surface area contributed by atoms with Crippen LogP contribution in [0.15, 0.2) is 24.3 Å². The second-order valence-electron chi connectivity index (χ2n) is 8.25. The lowest BCUT2D eigenvalue weighted by Gasteiger charge is -2.30. The first-order chi connectivity index (χ1) is 15.1. The molecule has 1 aliphatic rings. The van der Waals surface area contributed by atoms with Crippen LogP contribution in [0.4, 0.5) is 26.3 Å². The van der Waals surface area contributed by atoms with E-state index < -0.39 is 46.8 Å². The van der Waals surface area contributed by atoms with Crippen LogP contribution in [-0.4, -0.2) is 6.61 Å². The number of halogens is 6. The lowest BCUT2D eigenvalue weighted by atomic mass is 9.90. The van der Waals surface area contributed by atoms with Gasteiger partial charge in [-0.05, 0) is 49.8 Å². The van der Waals surface area contributed by atoms with Crippen LogP contribution in [0.2, 0.25) is 0 Å². The molecule has 0 aliphatic carbocycles. The van der Waals surface area contributed by atoms with Crippen LogP contribution < -0.4 is 4.74 Å². The first-order valence-corrected chi connectivity index (χ1v) is 10.8. The zero-order valence-electron chi connectivity index (χ0n) is 18.0. The van der Waals surface area contributed by atoms with Crippen LogP contribution in [0, 0.1) is 36.1 Å². The molecule has 3 rings (SSSR count). The molecule has 0 aromatic heterocycles. The average molecular weight is 460 g/mol. The van der Waals surface area contributed by atoms with Gasteiger partial charge in [-0.3, -0.25) is 0 Å². The monoisotopic (exact) mass is 460 g/mol. The second-order valence-corrected chi connectivity index (χ2v) is 8.25. The number of alkyl halides is 2. The van der Waals surface area contributed by atoms with Crippen molar-refractivity contribution in [2.75, 3.05) is 6.61 Å². The highest BCUT2D eigenvalue weighted by molar-refractivity contribution is 5.33. The predicted molar refractivity (Wildman–Crippen MR) is 108 cm³/mol. The quantitative estimate of drug-likeness (QED) is 0.296. The molecule has 1 saturated heterocycles. The molecule has 2 aromatic rings. The Labute approximate surface area is 183 Å². The normalized spacial score (nSPS) is 19.2. The zero-order valence-corrected chi connectivity index (χ0v) is 18.0. The summed E-state index contributed by atoms with van der Waals surface area (Å²) in [7, 11) is 0. The van der Waals surface area contributed by atoms with E-state index in [-0.39, 0.29) is 11.1 Å². The molecule has 0 radical (unpaired) electrons. The molecular formula is C24H26F6O2. The maximum Gasteiger partial charge on any atom is 0.432 e. The molecule has 2 nitrogen and oxygen atoms in total. The van der Waals surface area contributed by atoms with E-state index in [9.17, 15) is 26.3 Å². The molecule has 1 heterocycles. The molecule has 1 fully saturated rings. The minimum absolute atomic E-state index is 0.124. The molecule has 2 atom stereocenters. The van der Waals surface area contributed by atoms with E-state index in [1.807, 2.05) is 0 Å². The van der Waals surface area contributed by atoms with Gasteiger partial charge in [0.1, 0.15) is 34.6 Å². The van der Waals surface area contributed by atoms with Crippen molar-refractivity contribution in [3.63, 3.8) is 0 Å². The third-order valence-electron chi connectivity index (χ3n) is 5.81. The van der Waals surface area contributed by atoms with Gasteiger partial charge in [0.2, 0.25) is 0 Å². The molecule has 1 aliphatic heterocycles. The smallest absolute Gasteiger partial charge is 0.429 e. The van der Waals surface area contributed by atoms with Gasteiger partial charge >= 0.3 is 6.11 Å². The van der Waals surface area contributed by atoms with E-state index in [0.717, 1.165) is 51.2 Å². The summed E-state index contributed by atoms with van der Waals surface area (Å²) in [5.74, 6) is -5.79. The lowest BCUT2D eigenvalue weighted by molar-refractivity contribution is -0.189. The first kappa shape index (κ1) is 24.4. The fourth-order valence-corrected chi connectivity index (χ4v) is 3.92. The highest BCUT2D eigenvalue weighted by Crippen LogP contribution is 2.39. The summed E-state index contributed by atoms with van der Waals surface area (Å²) in [4.78, 5) is 0. The Morgan fingerprint density at radius 2 is 1.56 bits per heavy atom. The summed E-state index contributed by atoms with van der Waals surface area (Å²) in [5, 5.41) is 0. The molecule has 0 N–H and O–H groups in total. The Morgan fingerprint density at radius 1 is 0.938 bits per heavy atom. The molecule has 32 heavy (non-hydrogen) atoms. The van der Waals surface area contributed by atoms with E-state index >= 15 is 0 Å². The van der Waals surface area contributed by atoms with Gasteiger partial charge in [-0.15, -0.1) is 0 Å². The van der Waals surface area contributed by atoms with Gasteiger partial charge in [-0.25, -0.2) is 17.6 Å². The lowest BCUT2D eigenvalue weighted by Crippen LogP contribution is -2.26. The van der Waals surface area contributed by atoms with Gasteiger partial charge in [-0.2, -0.15) is 8.78 Å². The van der Waals surface area contributed by atoms with Crippen LogP contribution in [-0.2, 0) is 10.8 Å². The van der Waals surface area contributed by atoms with E-state index in [2.05, 4.69) is 11.7 Å². The number of rotatable bonds is 8. The Bertz CT molecular complexity index is 892. The molecule has 8 heteroatoms. The van der Waals surface area contributed by atoms with E-state index in [4.69, 9.17) is 4.74 Å². The minimum Gasteiger partial charge on any atom is -0.429 e. The predicted octanol–water partition coefficient (Wildman–Crippen LogP) is 7.73. The largest absolute Gasteiger partial charge is 0.432 e. The van der Waals surface area contributed by atoms with Gasteiger partial charge in [-0.1, -0.05) is 26.2 Å². The summed E-state index contributed by atoms with van der Waals surface area (Å²) >= 11 is 0. The van der Waals surface area contributed by atoms with Crippen molar-refractivity contribution in [1.82, 2.24) is 0 Å². The zero-order chi connectivity index (χ0) is 23.5.